The van der Waals surface area contributed by atoms with Crippen molar-refractivity contribution in [1.29, 1.82) is 0 Å². The lowest BCUT2D eigenvalue weighted by atomic mass is 10.2. The number of hydrogen-bond acceptors (Lipinski definition) is 2. The Balaban J connectivity index is -0.000000155. The number of unbranched alkanes of at least 4 members (excludes halogenated alkanes) is 2. The molecule has 0 aromatic heterocycles. The summed E-state index contributed by atoms with van der Waals surface area (Å²) in [6, 6.07) is 0. The average Bonchev–Trinajstić information content (AvgIpc) is 2.03. The van der Waals surface area contributed by atoms with Gasteiger partial charge in [0.25, 0.3) is 0 Å². The highest BCUT2D eigenvalue weighted by molar-refractivity contribution is 4.79. The molecule has 0 spiro atoms. The number of allylic oxidation sites excluding steroid dienone is 2. The number of hydrogen-bond donors (Lipinski definition) is 2. The molecule has 0 aliphatic carbocycles. The smallest absolute Gasteiger partial charge is 0.0431 e. The highest BCUT2D eigenvalue weighted by Gasteiger charge is 1.81. The zero-order valence-corrected chi connectivity index (χ0v) is 10.8. The Hall–Kier alpha value is -0.600. The van der Waals surface area contributed by atoms with Crippen molar-refractivity contribution >= 4 is 0 Å². The van der Waals surface area contributed by atoms with Crippen LogP contribution in [0.3, 0.4) is 0 Å². The van der Waals surface area contributed by atoms with Crippen LogP contribution in [0.1, 0.15) is 47.0 Å². The number of aliphatic hydroxyl groups is 2. The van der Waals surface area contributed by atoms with Crippen molar-refractivity contribution < 1.29 is 10.2 Å². The van der Waals surface area contributed by atoms with Crippen molar-refractivity contribution in [2.75, 3.05) is 13.2 Å². The summed E-state index contributed by atoms with van der Waals surface area (Å²) in [6.45, 7) is 15.5. The third kappa shape index (κ3) is 151. The topological polar surface area (TPSA) is 40.5 Å². The standard InChI is InChI=1S/C5H12O2.2C4H8/c6-4-2-1-3-5-7;2*1-4(2)3/h6-7H,1-5H2;2*1H2,2-3H3. The van der Waals surface area contributed by atoms with E-state index in [0.717, 1.165) is 19.3 Å². The van der Waals surface area contributed by atoms with Gasteiger partial charge >= 0.3 is 0 Å². The first-order chi connectivity index (χ1) is 6.88. The van der Waals surface area contributed by atoms with Gasteiger partial charge in [-0.1, -0.05) is 11.1 Å². The molecular formula is C13H28O2. The van der Waals surface area contributed by atoms with E-state index in [1.807, 2.05) is 27.7 Å². The molecule has 2 nitrogen and oxygen atoms in total. The van der Waals surface area contributed by atoms with E-state index in [-0.39, 0.29) is 13.2 Å². The molecule has 2 heteroatoms. The molecule has 0 saturated heterocycles. The summed E-state index contributed by atoms with van der Waals surface area (Å²) in [4.78, 5) is 0. The van der Waals surface area contributed by atoms with Gasteiger partial charge in [0.2, 0.25) is 0 Å². The maximum atomic E-state index is 8.21. The molecule has 15 heavy (non-hydrogen) atoms. The molecule has 0 aromatic carbocycles. The Morgan fingerprint density at radius 1 is 0.733 bits per heavy atom. The average molecular weight is 216 g/mol. The van der Waals surface area contributed by atoms with Crippen molar-refractivity contribution in [1.82, 2.24) is 0 Å². The molecule has 0 aromatic rings. The third-order valence-electron chi connectivity index (χ3n) is 0.816. The molecule has 0 radical (unpaired) electrons. The summed E-state index contributed by atoms with van der Waals surface area (Å²) in [6.07, 6.45) is 2.58. The zero-order chi connectivity index (χ0) is 12.7. The number of rotatable bonds is 4. The summed E-state index contributed by atoms with van der Waals surface area (Å²) < 4.78 is 0. The normalized spacial score (nSPS) is 7.87. The van der Waals surface area contributed by atoms with E-state index in [4.69, 9.17) is 10.2 Å². The highest BCUT2D eigenvalue weighted by atomic mass is 16.3. The lowest BCUT2D eigenvalue weighted by molar-refractivity contribution is 0.257. The van der Waals surface area contributed by atoms with Gasteiger partial charge in [-0.05, 0) is 47.0 Å². The number of aliphatic hydroxyl groups excluding tert-OH is 2. The Morgan fingerprint density at radius 2 is 0.933 bits per heavy atom. The van der Waals surface area contributed by atoms with Gasteiger partial charge < -0.3 is 10.2 Å². The monoisotopic (exact) mass is 216 g/mol. The van der Waals surface area contributed by atoms with Crippen LogP contribution in [-0.4, -0.2) is 23.4 Å². The fourth-order valence-corrected chi connectivity index (χ4v) is 0.400. The van der Waals surface area contributed by atoms with E-state index in [1.165, 1.54) is 11.1 Å². The molecule has 0 saturated carbocycles. The minimum Gasteiger partial charge on any atom is -0.396 e. The Bertz CT molecular complexity index is 115. The molecular weight excluding hydrogens is 188 g/mol. The molecule has 0 aliphatic rings. The van der Waals surface area contributed by atoms with Crippen molar-refractivity contribution in [3.05, 3.63) is 24.3 Å². The van der Waals surface area contributed by atoms with Gasteiger partial charge in [0.05, 0.1) is 0 Å². The summed E-state index contributed by atoms with van der Waals surface area (Å²) >= 11 is 0. The van der Waals surface area contributed by atoms with Gasteiger partial charge in [0.1, 0.15) is 0 Å². The van der Waals surface area contributed by atoms with Crippen LogP contribution in [0.4, 0.5) is 0 Å². The molecule has 0 bridgehead atoms. The molecule has 0 unspecified atom stereocenters. The summed E-state index contributed by atoms with van der Waals surface area (Å²) in [5.74, 6) is 0. The van der Waals surface area contributed by atoms with Crippen LogP contribution in [-0.2, 0) is 0 Å². The van der Waals surface area contributed by atoms with E-state index < -0.39 is 0 Å². The lowest BCUT2D eigenvalue weighted by Gasteiger charge is -1.90. The first kappa shape index (κ1) is 19.9. The van der Waals surface area contributed by atoms with Gasteiger partial charge in [-0.3, -0.25) is 0 Å². The second-order valence-electron chi connectivity index (χ2n) is 3.92. The SMILES string of the molecule is C=C(C)C.C=C(C)C.OCCCCCO. The summed E-state index contributed by atoms with van der Waals surface area (Å²) in [5.41, 5.74) is 2.33. The highest BCUT2D eigenvalue weighted by Crippen LogP contribution is 1.90. The van der Waals surface area contributed by atoms with Gasteiger partial charge in [0, 0.05) is 13.2 Å². The molecule has 0 aliphatic heterocycles. The van der Waals surface area contributed by atoms with Crippen LogP contribution < -0.4 is 0 Å². The fourth-order valence-electron chi connectivity index (χ4n) is 0.400. The van der Waals surface area contributed by atoms with Crippen LogP contribution in [0.25, 0.3) is 0 Å². The van der Waals surface area contributed by atoms with Gasteiger partial charge in [-0.15, -0.1) is 13.2 Å². The minimum absolute atomic E-state index is 0.250. The Kier molecular flexibility index (Phi) is 25.3. The molecule has 0 heterocycles. The van der Waals surface area contributed by atoms with Crippen LogP contribution in [0.2, 0.25) is 0 Å². The van der Waals surface area contributed by atoms with Gasteiger partial charge in [0.15, 0.2) is 0 Å². The largest absolute Gasteiger partial charge is 0.396 e. The first-order valence-corrected chi connectivity index (χ1v) is 5.34. The van der Waals surface area contributed by atoms with E-state index >= 15 is 0 Å². The van der Waals surface area contributed by atoms with Crippen LogP contribution in [0.15, 0.2) is 24.3 Å². The molecule has 0 amide bonds. The van der Waals surface area contributed by atoms with Crippen LogP contribution in [0.5, 0.6) is 0 Å². The summed E-state index contributed by atoms with van der Waals surface area (Å²) in [7, 11) is 0. The van der Waals surface area contributed by atoms with E-state index in [2.05, 4.69) is 13.2 Å². The predicted molar refractivity (Wildman–Crippen MR) is 69.0 cm³/mol. The quantitative estimate of drug-likeness (QED) is 0.559. The maximum Gasteiger partial charge on any atom is 0.0431 e. The Labute approximate surface area is 95.3 Å². The van der Waals surface area contributed by atoms with E-state index in [1.54, 1.807) is 0 Å². The van der Waals surface area contributed by atoms with Gasteiger partial charge in [-0.25, -0.2) is 0 Å². The molecule has 92 valence electrons. The zero-order valence-electron chi connectivity index (χ0n) is 10.8. The van der Waals surface area contributed by atoms with Gasteiger partial charge in [-0.2, -0.15) is 0 Å². The molecule has 0 fully saturated rings. The fraction of sp³-hybridized carbons (Fsp3) is 0.692. The molecule has 2 N–H and O–H groups in total. The van der Waals surface area contributed by atoms with Crippen molar-refractivity contribution in [3.8, 4) is 0 Å². The van der Waals surface area contributed by atoms with Crippen molar-refractivity contribution in [2.45, 2.75) is 47.0 Å². The maximum absolute atomic E-state index is 8.21. The third-order valence-corrected chi connectivity index (χ3v) is 0.816. The molecule has 0 atom stereocenters. The van der Waals surface area contributed by atoms with Crippen molar-refractivity contribution in [3.63, 3.8) is 0 Å². The minimum atomic E-state index is 0.250. The predicted octanol–water partition coefficient (Wildman–Crippen LogP) is 3.31. The van der Waals surface area contributed by atoms with E-state index in [9.17, 15) is 0 Å². The van der Waals surface area contributed by atoms with Crippen LogP contribution >= 0.6 is 0 Å². The van der Waals surface area contributed by atoms with Crippen molar-refractivity contribution in [2.24, 2.45) is 0 Å². The summed E-state index contributed by atoms with van der Waals surface area (Å²) in [5, 5.41) is 16.4. The lowest BCUT2D eigenvalue weighted by Crippen LogP contribution is -1.85. The molecule has 0 rings (SSSR count). The second-order valence-corrected chi connectivity index (χ2v) is 3.92. The Morgan fingerprint density at radius 3 is 1.07 bits per heavy atom. The van der Waals surface area contributed by atoms with Crippen LogP contribution in [0, 0.1) is 0 Å². The second kappa shape index (κ2) is 19.0. The first-order valence-electron chi connectivity index (χ1n) is 5.34. The van der Waals surface area contributed by atoms with E-state index in [0.29, 0.717) is 0 Å².